The lowest BCUT2D eigenvalue weighted by molar-refractivity contribution is -0.132. The number of aryl methyl sites for hydroxylation is 1. The van der Waals surface area contributed by atoms with E-state index in [1.807, 2.05) is 59.2 Å². The molecule has 0 aliphatic carbocycles. The second-order valence-electron chi connectivity index (χ2n) is 6.65. The number of aromatic nitrogens is 3. The molecular formula is C20H23N5O. The van der Waals surface area contributed by atoms with E-state index in [0.717, 1.165) is 41.7 Å². The maximum absolute atomic E-state index is 12.9. The van der Waals surface area contributed by atoms with Gasteiger partial charge in [-0.1, -0.05) is 18.2 Å². The Labute approximate surface area is 152 Å². The fraction of sp³-hybridized carbons (Fsp3) is 0.350. The first-order valence-corrected chi connectivity index (χ1v) is 9.10. The van der Waals surface area contributed by atoms with Gasteiger partial charge in [-0.2, -0.15) is 5.10 Å². The van der Waals surface area contributed by atoms with Crippen molar-refractivity contribution in [3.8, 4) is 0 Å². The average Bonchev–Trinajstić information content (AvgIpc) is 3.33. The summed E-state index contributed by atoms with van der Waals surface area (Å²) in [5, 5.41) is 8.60. The van der Waals surface area contributed by atoms with Gasteiger partial charge in [-0.3, -0.25) is 9.48 Å². The van der Waals surface area contributed by atoms with Crippen molar-refractivity contribution in [2.24, 2.45) is 0 Å². The van der Waals surface area contributed by atoms with Gasteiger partial charge in [0.25, 0.3) is 0 Å². The molecule has 0 unspecified atom stereocenters. The van der Waals surface area contributed by atoms with E-state index in [-0.39, 0.29) is 11.9 Å². The summed E-state index contributed by atoms with van der Waals surface area (Å²) in [5.74, 6) is 1.03. The standard InChI is InChI=1S/C20H23N5O/c1-21-19-13-15(8-10-22-19)17-7-4-11-24(17)20(26)9-12-25-18-6-3-2-5-16(18)14-23-25/h2-3,5-6,8,10,13-14,17H,4,7,9,11-12H2,1H3,(H,21,22)/t17-/m1/s1. The number of hydrogen-bond acceptors (Lipinski definition) is 4. The zero-order valence-corrected chi connectivity index (χ0v) is 14.9. The van der Waals surface area contributed by atoms with Crippen molar-refractivity contribution in [2.75, 3.05) is 18.9 Å². The Morgan fingerprint density at radius 1 is 1.31 bits per heavy atom. The topological polar surface area (TPSA) is 63.1 Å². The molecule has 1 aromatic carbocycles. The summed E-state index contributed by atoms with van der Waals surface area (Å²) >= 11 is 0. The number of amides is 1. The second-order valence-corrected chi connectivity index (χ2v) is 6.65. The molecular weight excluding hydrogens is 326 g/mol. The van der Waals surface area contributed by atoms with Gasteiger partial charge in [0.1, 0.15) is 5.82 Å². The summed E-state index contributed by atoms with van der Waals surface area (Å²) in [5.41, 5.74) is 2.23. The van der Waals surface area contributed by atoms with Crippen molar-refractivity contribution in [3.05, 3.63) is 54.4 Å². The molecule has 134 valence electrons. The van der Waals surface area contributed by atoms with Crippen LogP contribution in [-0.2, 0) is 11.3 Å². The molecule has 2 aromatic heterocycles. The van der Waals surface area contributed by atoms with Crippen LogP contribution in [0.4, 0.5) is 5.82 Å². The highest BCUT2D eigenvalue weighted by atomic mass is 16.2. The highest BCUT2D eigenvalue weighted by molar-refractivity contribution is 5.79. The van der Waals surface area contributed by atoms with Gasteiger partial charge in [-0.15, -0.1) is 0 Å². The number of carbonyl (C=O) groups excluding carboxylic acids is 1. The third kappa shape index (κ3) is 3.14. The number of rotatable bonds is 5. The first-order chi connectivity index (χ1) is 12.8. The van der Waals surface area contributed by atoms with Crippen LogP contribution >= 0.6 is 0 Å². The highest BCUT2D eigenvalue weighted by Gasteiger charge is 2.29. The van der Waals surface area contributed by atoms with E-state index >= 15 is 0 Å². The number of likely N-dealkylation sites (tertiary alicyclic amines) is 1. The van der Waals surface area contributed by atoms with Crippen molar-refractivity contribution in [2.45, 2.75) is 31.8 Å². The molecule has 1 atom stereocenters. The van der Waals surface area contributed by atoms with E-state index in [0.29, 0.717) is 13.0 Å². The van der Waals surface area contributed by atoms with Gasteiger partial charge < -0.3 is 10.2 Å². The van der Waals surface area contributed by atoms with Gasteiger partial charge >= 0.3 is 0 Å². The molecule has 3 aromatic rings. The normalized spacial score (nSPS) is 17.0. The number of nitrogens with zero attached hydrogens (tertiary/aromatic N) is 4. The number of hydrogen-bond donors (Lipinski definition) is 1. The fourth-order valence-electron chi connectivity index (χ4n) is 3.75. The molecule has 0 saturated carbocycles. The summed E-state index contributed by atoms with van der Waals surface area (Å²) in [4.78, 5) is 19.2. The average molecular weight is 349 g/mol. The maximum atomic E-state index is 12.9. The van der Waals surface area contributed by atoms with E-state index in [4.69, 9.17) is 0 Å². The van der Waals surface area contributed by atoms with E-state index in [1.165, 1.54) is 0 Å². The van der Waals surface area contributed by atoms with Gasteiger partial charge in [0.05, 0.1) is 24.3 Å². The van der Waals surface area contributed by atoms with Crippen molar-refractivity contribution in [3.63, 3.8) is 0 Å². The van der Waals surface area contributed by atoms with Gasteiger partial charge in [-0.05, 0) is 36.6 Å². The van der Waals surface area contributed by atoms with Crippen molar-refractivity contribution in [1.29, 1.82) is 0 Å². The van der Waals surface area contributed by atoms with Crippen molar-refractivity contribution in [1.82, 2.24) is 19.7 Å². The Balaban J connectivity index is 1.46. The van der Waals surface area contributed by atoms with E-state index in [1.54, 1.807) is 6.20 Å². The Morgan fingerprint density at radius 2 is 2.19 bits per heavy atom. The fourth-order valence-corrected chi connectivity index (χ4v) is 3.75. The number of carbonyl (C=O) groups is 1. The predicted molar refractivity (Wildman–Crippen MR) is 102 cm³/mol. The monoisotopic (exact) mass is 349 g/mol. The summed E-state index contributed by atoms with van der Waals surface area (Å²) in [6, 6.07) is 12.3. The third-order valence-electron chi connectivity index (χ3n) is 5.09. The second kappa shape index (κ2) is 7.15. The van der Waals surface area contributed by atoms with E-state index in [2.05, 4.69) is 15.4 Å². The predicted octanol–water partition coefficient (Wildman–Crippen LogP) is 3.23. The minimum atomic E-state index is 0.145. The lowest BCUT2D eigenvalue weighted by Gasteiger charge is -2.25. The Kier molecular flexibility index (Phi) is 4.56. The Morgan fingerprint density at radius 3 is 3.08 bits per heavy atom. The Bertz CT molecular complexity index is 919. The van der Waals surface area contributed by atoms with E-state index in [9.17, 15) is 4.79 Å². The highest BCUT2D eigenvalue weighted by Crippen LogP contribution is 2.33. The molecule has 1 amide bonds. The van der Waals surface area contributed by atoms with Gasteiger partial charge in [0.2, 0.25) is 5.91 Å². The molecule has 4 rings (SSSR count). The lowest BCUT2D eigenvalue weighted by atomic mass is 10.1. The number of nitrogens with one attached hydrogen (secondary N) is 1. The summed E-state index contributed by atoms with van der Waals surface area (Å²) < 4.78 is 1.92. The largest absolute Gasteiger partial charge is 0.373 e. The first kappa shape index (κ1) is 16.6. The molecule has 1 N–H and O–H groups in total. The maximum Gasteiger partial charge on any atom is 0.224 e. The van der Waals surface area contributed by atoms with Crippen LogP contribution < -0.4 is 5.32 Å². The van der Waals surface area contributed by atoms with Gasteiger partial charge in [-0.25, -0.2) is 4.98 Å². The van der Waals surface area contributed by atoms with Crippen LogP contribution in [0.1, 0.15) is 30.9 Å². The molecule has 0 bridgehead atoms. The summed E-state index contributed by atoms with van der Waals surface area (Å²) in [6.07, 6.45) is 6.17. The quantitative estimate of drug-likeness (QED) is 0.768. The van der Waals surface area contributed by atoms with Gasteiger partial charge in [0, 0.05) is 31.6 Å². The van der Waals surface area contributed by atoms with Crippen molar-refractivity contribution < 1.29 is 4.79 Å². The van der Waals surface area contributed by atoms with Crippen molar-refractivity contribution >= 4 is 22.6 Å². The smallest absolute Gasteiger partial charge is 0.224 e. The van der Waals surface area contributed by atoms with E-state index < -0.39 is 0 Å². The molecule has 0 spiro atoms. The van der Waals surface area contributed by atoms with Crippen LogP contribution in [0, 0.1) is 0 Å². The SMILES string of the molecule is CNc1cc([C@H]2CCCN2C(=O)CCn2ncc3ccccc32)ccn1. The molecule has 1 fully saturated rings. The van der Waals surface area contributed by atoms with Crippen LogP contribution in [0.2, 0.25) is 0 Å². The number of anilines is 1. The number of fused-ring (bicyclic) bond motifs is 1. The minimum absolute atomic E-state index is 0.145. The van der Waals surface area contributed by atoms with Crippen LogP contribution in [0.5, 0.6) is 0 Å². The minimum Gasteiger partial charge on any atom is -0.373 e. The lowest BCUT2D eigenvalue weighted by Crippen LogP contribution is -2.31. The Hall–Kier alpha value is -2.89. The summed E-state index contributed by atoms with van der Waals surface area (Å²) in [7, 11) is 1.86. The number of pyridine rings is 1. The molecule has 1 aliphatic heterocycles. The van der Waals surface area contributed by atoms with Crippen LogP contribution in [0.15, 0.2) is 48.8 Å². The summed E-state index contributed by atoms with van der Waals surface area (Å²) in [6.45, 7) is 1.42. The van der Waals surface area contributed by atoms with Crippen LogP contribution in [0.25, 0.3) is 10.9 Å². The van der Waals surface area contributed by atoms with Gasteiger partial charge in [0.15, 0.2) is 0 Å². The number of benzene rings is 1. The molecule has 3 heterocycles. The molecule has 6 nitrogen and oxygen atoms in total. The molecule has 1 saturated heterocycles. The van der Waals surface area contributed by atoms with Crippen LogP contribution in [-0.4, -0.2) is 39.2 Å². The molecule has 1 aliphatic rings. The zero-order chi connectivity index (χ0) is 17.9. The molecule has 6 heteroatoms. The molecule has 0 radical (unpaired) electrons. The molecule has 26 heavy (non-hydrogen) atoms. The number of para-hydroxylation sites is 1. The third-order valence-corrected chi connectivity index (χ3v) is 5.09. The van der Waals surface area contributed by atoms with Crippen LogP contribution in [0.3, 0.4) is 0 Å². The first-order valence-electron chi connectivity index (χ1n) is 9.10. The zero-order valence-electron chi connectivity index (χ0n) is 14.9.